The van der Waals surface area contributed by atoms with Gasteiger partial charge in [0.25, 0.3) is 0 Å². The largest absolute Gasteiger partial charge is 0.480 e. The van der Waals surface area contributed by atoms with Crippen LogP contribution in [0.4, 0.5) is 4.79 Å². The number of aliphatic carboxylic acids is 1. The standard InChI is InChI=1S/C19H23NO4/c1-19(2,3)24-18(23)20-16(17(21)22)12-11-14-9-6-8-13-7-4-5-10-15(13)14/h4-10,16H,11-12H2,1-3H3,(H,20,23)(H,21,22)/t16-/m1/s1. The van der Waals surface area contributed by atoms with Crippen LogP contribution in [0.3, 0.4) is 0 Å². The first kappa shape index (κ1) is 17.8. The smallest absolute Gasteiger partial charge is 0.408 e. The molecule has 0 radical (unpaired) electrons. The quantitative estimate of drug-likeness (QED) is 0.876. The summed E-state index contributed by atoms with van der Waals surface area (Å²) >= 11 is 0. The minimum atomic E-state index is -1.07. The van der Waals surface area contributed by atoms with Crippen molar-refractivity contribution in [2.24, 2.45) is 0 Å². The van der Waals surface area contributed by atoms with Crippen molar-refractivity contribution in [3.63, 3.8) is 0 Å². The second-order valence-corrected chi connectivity index (χ2v) is 6.71. The van der Waals surface area contributed by atoms with Crippen LogP contribution in [0, 0.1) is 0 Å². The summed E-state index contributed by atoms with van der Waals surface area (Å²) in [7, 11) is 0. The molecule has 0 saturated heterocycles. The third kappa shape index (κ3) is 4.98. The zero-order valence-corrected chi connectivity index (χ0v) is 14.2. The fraction of sp³-hybridized carbons (Fsp3) is 0.368. The summed E-state index contributed by atoms with van der Waals surface area (Å²) in [5, 5.41) is 14.0. The van der Waals surface area contributed by atoms with Gasteiger partial charge in [-0.3, -0.25) is 0 Å². The summed E-state index contributed by atoms with van der Waals surface area (Å²) in [6.07, 6.45) is 0.129. The number of nitrogens with one attached hydrogen (secondary N) is 1. The maximum atomic E-state index is 11.8. The Bertz CT molecular complexity index is 728. The second-order valence-electron chi connectivity index (χ2n) is 6.71. The van der Waals surface area contributed by atoms with E-state index >= 15 is 0 Å². The predicted molar refractivity (Wildman–Crippen MR) is 93.1 cm³/mol. The molecule has 0 unspecified atom stereocenters. The molecule has 0 fully saturated rings. The number of rotatable bonds is 5. The highest BCUT2D eigenvalue weighted by atomic mass is 16.6. The summed E-state index contributed by atoms with van der Waals surface area (Å²) in [4.78, 5) is 23.2. The molecule has 5 heteroatoms. The Morgan fingerprint density at radius 2 is 1.79 bits per heavy atom. The molecule has 24 heavy (non-hydrogen) atoms. The summed E-state index contributed by atoms with van der Waals surface area (Å²) < 4.78 is 5.13. The molecular formula is C19H23NO4. The first-order valence-corrected chi connectivity index (χ1v) is 7.95. The molecule has 128 valence electrons. The molecule has 2 rings (SSSR count). The van der Waals surface area contributed by atoms with Crippen molar-refractivity contribution in [1.82, 2.24) is 5.32 Å². The number of amides is 1. The highest BCUT2D eigenvalue weighted by Crippen LogP contribution is 2.20. The lowest BCUT2D eigenvalue weighted by atomic mass is 9.99. The van der Waals surface area contributed by atoms with E-state index in [9.17, 15) is 14.7 Å². The van der Waals surface area contributed by atoms with Crippen LogP contribution >= 0.6 is 0 Å². The van der Waals surface area contributed by atoms with Gasteiger partial charge >= 0.3 is 12.1 Å². The zero-order valence-electron chi connectivity index (χ0n) is 14.2. The number of alkyl carbamates (subject to hydrolysis) is 1. The number of carbonyl (C=O) groups is 2. The number of fused-ring (bicyclic) bond motifs is 1. The van der Waals surface area contributed by atoms with Gasteiger partial charge in [-0.25, -0.2) is 9.59 Å². The Hall–Kier alpha value is -2.56. The van der Waals surface area contributed by atoms with Crippen LogP contribution in [-0.4, -0.2) is 28.8 Å². The summed E-state index contributed by atoms with van der Waals surface area (Å²) in [6, 6.07) is 12.9. The van der Waals surface area contributed by atoms with Crippen molar-refractivity contribution >= 4 is 22.8 Å². The number of carbonyl (C=O) groups excluding carboxylic acids is 1. The van der Waals surface area contributed by atoms with Gasteiger partial charge in [0.2, 0.25) is 0 Å². The van der Waals surface area contributed by atoms with Crippen LogP contribution < -0.4 is 5.32 Å². The van der Waals surface area contributed by atoms with Gasteiger partial charge in [0, 0.05) is 0 Å². The van der Waals surface area contributed by atoms with E-state index in [-0.39, 0.29) is 0 Å². The number of carboxylic acid groups (broad SMARTS) is 1. The monoisotopic (exact) mass is 329 g/mol. The van der Waals surface area contributed by atoms with Gasteiger partial charge in [0.1, 0.15) is 11.6 Å². The van der Waals surface area contributed by atoms with Crippen LogP contribution in [0.5, 0.6) is 0 Å². The molecule has 5 nitrogen and oxygen atoms in total. The maximum absolute atomic E-state index is 11.8. The number of hydrogen-bond donors (Lipinski definition) is 2. The lowest BCUT2D eigenvalue weighted by Gasteiger charge is -2.22. The Labute approximate surface area is 141 Å². The number of benzene rings is 2. The minimum Gasteiger partial charge on any atom is -0.480 e. The van der Waals surface area contributed by atoms with E-state index in [0.717, 1.165) is 16.3 Å². The number of aryl methyl sites for hydroxylation is 1. The van der Waals surface area contributed by atoms with Gasteiger partial charge in [-0.05, 0) is 49.9 Å². The SMILES string of the molecule is CC(C)(C)OC(=O)N[C@H](CCc1cccc2ccccc12)C(=O)O. The highest BCUT2D eigenvalue weighted by Gasteiger charge is 2.23. The van der Waals surface area contributed by atoms with Crippen LogP contribution in [-0.2, 0) is 16.0 Å². The van der Waals surface area contributed by atoms with Crippen molar-refractivity contribution in [2.75, 3.05) is 0 Å². The van der Waals surface area contributed by atoms with Gasteiger partial charge in [0.05, 0.1) is 0 Å². The van der Waals surface area contributed by atoms with Crippen molar-refractivity contribution < 1.29 is 19.4 Å². The molecule has 0 saturated carbocycles. The number of hydrogen-bond acceptors (Lipinski definition) is 3. The van der Waals surface area contributed by atoms with E-state index in [2.05, 4.69) is 5.32 Å². The van der Waals surface area contributed by atoms with E-state index in [0.29, 0.717) is 12.8 Å². The molecule has 2 aromatic carbocycles. The fourth-order valence-corrected chi connectivity index (χ4v) is 2.52. The average Bonchev–Trinajstić information content (AvgIpc) is 2.49. The molecule has 2 N–H and O–H groups in total. The number of ether oxygens (including phenoxy) is 1. The Balaban J connectivity index is 2.06. The Kier molecular flexibility index (Phi) is 5.44. The van der Waals surface area contributed by atoms with Crippen LogP contribution in [0.1, 0.15) is 32.8 Å². The molecule has 1 atom stereocenters. The second kappa shape index (κ2) is 7.34. The Morgan fingerprint density at radius 1 is 1.12 bits per heavy atom. The molecule has 2 aromatic rings. The molecule has 0 spiro atoms. The molecule has 0 aromatic heterocycles. The lowest BCUT2D eigenvalue weighted by Crippen LogP contribution is -2.43. The van der Waals surface area contributed by atoms with E-state index in [1.165, 1.54) is 0 Å². The van der Waals surface area contributed by atoms with Gasteiger partial charge in [-0.15, -0.1) is 0 Å². The van der Waals surface area contributed by atoms with E-state index in [1.807, 2.05) is 42.5 Å². The average molecular weight is 329 g/mol. The van der Waals surface area contributed by atoms with Crippen molar-refractivity contribution in [3.05, 3.63) is 48.0 Å². The third-order valence-electron chi connectivity index (χ3n) is 3.57. The molecular weight excluding hydrogens is 306 g/mol. The van der Waals surface area contributed by atoms with E-state index in [1.54, 1.807) is 20.8 Å². The first-order valence-electron chi connectivity index (χ1n) is 7.95. The molecule has 0 aliphatic heterocycles. The number of carboxylic acids is 1. The summed E-state index contributed by atoms with van der Waals surface area (Å²) in [6.45, 7) is 5.20. The first-order chi connectivity index (χ1) is 11.3. The molecule has 1 amide bonds. The molecule has 0 bridgehead atoms. The van der Waals surface area contributed by atoms with Crippen molar-refractivity contribution in [1.29, 1.82) is 0 Å². The molecule has 0 aliphatic rings. The summed E-state index contributed by atoms with van der Waals surface area (Å²) in [5.41, 5.74) is 0.397. The predicted octanol–water partition coefficient (Wildman–Crippen LogP) is 3.75. The van der Waals surface area contributed by atoms with E-state index in [4.69, 9.17) is 4.74 Å². The van der Waals surface area contributed by atoms with Crippen LogP contribution in [0.15, 0.2) is 42.5 Å². The Morgan fingerprint density at radius 3 is 2.46 bits per heavy atom. The van der Waals surface area contributed by atoms with Gasteiger partial charge in [-0.2, -0.15) is 0 Å². The van der Waals surface area contributed by atoms with Crippen LogP contribution in [0.25, 0.3) is 10.8 Å². The molecule has 0 heterocycles. The van der Waals surface area contributed by atoms with Gasteiger partial charge in [0.15, 0.2) is 0 Å². The topological polar surface area (TPSA) is 75.6 Å². The minimum absolute atomic E-state index is 0.294. The van der Waals surface area contributed by atoms with E-state index < -0.39 is 23.7 Å². The van der Waals surface area contributed by atoms with Crippen molar-refractivity contribution in [2.45, 2.75) is 45.3 Å². The van der Waals surface area contributed by atoms with Gasteiger partial charge < -0.3 is 15.2 Å². The molecule has 0 aliphatic carbocycles. The van der Waals surface area contributed by atoms with Crippen LogP contribution in [0.2, 0.25) is 0 Å². The fourth-order valence-electron chi connectivity index (χ4n) is 2.52. The third-order valence-corrected chi connectivity index (χ3v) is 3.57. The zero-order chi connectivity index (χ0) is 17.7. The normalized spacial score (nSPS) is 12.6. The van der Waals surface area contributed by atoms with Crippen molar-refractivity contribution in [3.8, 4) is 0 Å². The van der Waals surface area contributed by atoms with Gasteiger partial charge in [-0.1, -0.05) is 42.5 Å². The maximum Gasteiger partial charge on any atom is 0.408 e. The highest BCUT2D eigenvalue weighted by molar-refractivity contribution is 5.86. The summed E-state index contributed by atoms with van der Waals surface area (Å²) in [5.74, 6) is -1.07. The lowest BCUT2D eigenvalue weighted by molar-refractivity contribution is -0.139.